The molecule has 35 heavy (non-hydrogen) atoms. The van der Waals surface area contributed by atoms with Crippen LogP contribution in [0.25, 0.3) is 10.9 Å². The van der Waals surface area contributed by atoms with Crippen molar-refractivity contribution in [1.82, 2.24) is 24.9 Å². The molecule has 2 aliphatic rings. The highest BCUT2D eigenvalue weighted by atomic mass is 35.5. The predicted molar refractivity (Wildman–Crippen MR) is 133 cm³/mol. The Morgan fingerprint density at radius 2 is 2.11 bits per heavy atom. The number of hydrogen-bond acceptors (Lipinski definition) is 6. The number of amides is 2. The molecule has 9 nitrogen and oxygen atoms in total. The summed E-state index contributed by atoms with van der Waals surface area (Å²) in [5.74, 6) is 5.70. The number of nitrogens with two attached hydrogens (primary N) is 1. The molecule has 0 bridgehead atoms. The van der Waals surface area contributed by atoms with E-state index in [4.69, 9.17) is 17.3 Å². The van der Waals surface area contributed by atoms with Crippen molar-refractivity contribution in [3.63, 3.8) is 0 Å². The Labute approximate surface area is 207 Å². The second-order valence-electron chi connectivity index (χ2n) is 8.64. The Morgan fingerprint density at radius 1 is 1.29 bits per heavy atom. The van der Waals surface area contributed by atoms with Crippen LogP contribution in [0.5, 0.6) is 0 Å². The number of primary amides is 1. The first-order valence-corrected chi connectivity index (χ1v) is 11.8. The predicted octanol–water partition coefficient (Wildman–Crippen LogP) is 2.47. The van der Waals surface area contributed by atoms with Crippen LogP contribution >= 0.6 is 11.6 Å². The molecule has 1 aromatic carbocycles. The van der Waals surface area contributed by atoms with E-state index in [1.807, 2.05) is 12.1 Å². The maximum atomic E-state index is 12.3. The summed E-state index contributed by atoms with van der Waals surface area (Å²) in [6.07, 6.45) is 4.94. The summed E-state index contributed by atoms with van der Waals surface area (Å²) in [5, 5.41) is 17.8. The number of carbonyl (C=O) groups is 2. The molecule has 2 amide bonds. The fourth-order valence-electron chi connectivity index (χ4n) is 4.88. The van der Waals surface area contributed by atoms with Crippen LogP contribution in [0.15, 0.2) is 24.8 Å². The average molecular weight is 490 g/mol. The number of benzene rings is 1. The third-order valence-electron chi connectivity index (χ3n) is 6.58. The van der Waals surface area contributed by atoms with E-state index in [1.165, 1.54) is 11.6 Å². The second-order valence-corrected chi connectivity index (χ2v) is 9.05. The van der Waals surface area contributed by atoms with Gasteiger partial charge in [0.15, 0.2) is 5.69 Å². The lowest BCUT2D eigenvalue weighted by Gasteiger charge is -2.16. The number of aromatic nitrogens is 4. The summed E-state index contributed by atoms with van der Waals surface area (Å²) in [6, 6.07) is 3.57. The van der Waals surface area contributed by atoms with E-state index in [0.717, 1.165) is 35.9 Å². The molecule has 1 saturated heterocycles. The van der Waals surface area contributed by atoms with Crippen LogP contribution in [0.3, 0.4) is 0 Å². The fraction of sp³-hybridized carbons (Fsp3) is 0.320. The minimum atomic E-state index is -0.645. The minimum absolute atomic E-state index is 0.128. The SMILES string of the molecule is C=CC(=O)N1CCC(n2nc(C#Cc3cc4nnc5c(c4cc3Cl)CCC5)c(C(N)=O)c2NC)C1. The van der Waals surface area contributed by atoms with Gasteiger partial charge in [-0.3, -0.25) is 9.59 Å². The molecule has 1 aliphatic heterocycles. The molecule has 3 heterocycles. The number of anilines is 1. The Bertz CT molecular complexity index is 1450. The highest BCUT2D eigenvalue weighted by Crippen LogP contribution is 2.31. The van der Waals surface area contributed by atoms with Gasteiger partial charge in [-0.05, 0) is 55.4 Å². The van der Waals surface area contributed by atoms with E-state index >= 15 is 0 Å². The lowest BCUT2D eigenvalue weighted by Crippen LogP contribution is -2.27. The Balaban J connectivity index is 1.54. The highest BCUT2D eigenvalue weighted by Gasteiger charge is 2.31. The van der Waals surface area contributed by atoms with Gasteiger partial charge in [-0.2, -0.15) is 15.3 Å². The van der Waals surface area contributed by atoms with Crippen LogP contribution in [0.2, 0.25) is 5.02 Å². The molecular formula is C25H24ClN7O2. The van der Waals surface area contributed by atoms with Crippen molar-refractivity contribution in [2.24, 2.45) is 5.73 Å². The maximum Gasteiger partial charge on any atom is 0.255 e. The quantitative estimate of drug-likeness (QED) is 0.429. The van der Waals surface area contributed by atoms with E-state index < -0.39 is 5.91 Å². The van der Waals surface area contributed by atoms with Crippen molar-refractivity contribution in [2.45, 2.75) is 31.7 Å². The number of rotatable bonds is 4. The summed E-state index contributed by atoms with van der Waals surface area (Å²) in [6.45, 7) is 4.57. The largest absolute Gasteiger partial charge is 0.373 e. The summed E-state index contributed by atoms with van der Waals surface area (Å²) < 4.78 is 1.69. The van der Waals surface area contributed by atoms with Gasteiger partial charge < -0.3 is 16.0 Å². The molecule has 1 aliphatic carbocycles. The van der Waals surface area contributed by atoms with Crippen LogP contribution in [-0.2, 0) is 17.6 Å². The van der Waals surface area contributed by atoms with Crippen LogP contribution in [0, 0.1) is 11.8 Å². The first kappa shape index (κ1) is 22.9. The number of likely N-dealkylation sites (tertiary alicyclic amines) is 1. The number of hydrogen-bond donors (Lipinski definition) is 2. The fourth-order valence-corrected chi connectivity index (χ4v) is 5.09. The Morgan fingerprint density at radius 3 is 2.86 bits per heavy atom. The van der Waals surface area contributed by atoms with Gasteiger partial charge in [0, 0.05) is 31.1 Å². The standard InChI is InChI=1S/C25H24ClN7O2/c1-3-22(34)32-10-9-15(13-32)33-25(28-2)23(24(27)35)20(31-33)8-7-14-11-21-17(12-18(14)26)16-5-4-6-19(16)29-30-21/h3,11-12,15,28H,1,4-6,9-10,13H2,2H3,(H2,27,35). The molecule has 1 atom stereocenters. The Kier molecular flexibility index (Phi) is 5.91. The molecule has 0 spiro atoms. The zero-order valence-electron chi connectivity index (χ0n) is 19.3. The van der Waals surface area contributed by atoms with Gasteiger partial charge in [-0.25, -0.2) is 4.68 Å². The van der Waals surface area contributed by atoms with Crippen LogP contribution < -0.4 is 11.1 Å². The van der Waals surface area contributed by atoms with Gasteiger partial charge in [0.2, 0.25) is 5.91 Å². The number of fused-ring (bicyclic) bond motifs is 3. The molecule has 1 fully saturated rings. The average Bonchev–Trinajstić information content (AvgIpc) is 3.59. The van der Waals surface area contributed by atoms with Gasteiger partial charge in [-0.1, -0.05) is 24.1 Å². The molecule has 0 saturated carbocycles. The van der Waals surface area contributed by atoms with Crippen molar-refractivity contribution in [3.8, 4) is 11.8 Å². The van der Waals surface area contributed by atoms with Crippen molar-refractivity contribution >= 4 is 40.1 Å². The maximum absolute atomic E-state index is 12.3. The first-order valence-electron chi connectivity index (χ1n) is 11.4. The van der Waals surface area contributed by atoms with Gasteiger partial charge in [0.25, 0.3) is 5.91 Å². The monoisotopic (exact) mass is 489 g/mol. The number of nitrogens with one attached hydrogen (secondary N) is 1. The number of nitrogens with zero attached hydrogens (tertiary/aromatic N) is 5. The minimum Gasteiger partial charge on any atom is -0.373 e. The summed E-state index contributed by atoms with van der Waals surface area (Å²) >= 11 is 6.57. The van der Waals surface area contributed by atoms with E-state index in [-0.39, 0.29) is 23.2 Å². The van der Waals surface area contributed by atoms with Crippen molar-refractivity contribution in [3.05, 3.63) is 57.9 Å². The van der Waals surface area contributed by atoms with Gasteiger partial charge >= 0.3 is 0 Å². The van der Waals surface area contributed by atoms with E-state index in [2.05, 4.69) is 39.0 Å². The summed E-state index contributed by atoms with van der Waals surface area (Å²) in [5.41, 5.74) is 9.66. The first-order chi connectivity index (χ1) is 16.9. The molecule has 10 heteroatoms. The Hall–Kier alpha value is -3.90. The molecule has 2 aromatic heterocycles. The van der Waals surface area contributed by atoms with Gasteiger partial charge in [0.05, 0.1) is 22.3 Å². The second kappa shape index (κ2) is 9.04. The van der Waals surface area contributed by atoms with Crippen molar-refractivity contribution in [2.75, 3.05) is 25.5 Å². The van der Waals surface area contributed by atoms with Gasteiger partial charge in [0.1, 0.15) is 11.4 Å². The normalized spacial score (nSPS) is 16.6. The zero-order valence-corrected chi connectivity index (χ0v) is 20.0. The third-order valence-corrected chi connectivity index (χ3v) is 6.90. The van der Waals surface area contributed by atoms with Crippen LogP contribution in [-0.4, -0.2) is 56.8 Å². The molecule has 178 valence electrons. The van der Waals surface area contributed by atoms with Crippen LogP contribution in [0.4, 0.5) is 5.82 Å². The van der Waals surface area contributed by atoms with Gasteiger partial charge in [-0.15, -0.1) is 0 Å². The molecule has 3 N–H and O–H groups in total. The molecule has 0 radical (unpaired) electrons. The highest BCUT2D eigenvalue weighted by molar-refractivity contribution is 6.32. The molecule has 1 unspecified atom stereocenters. The topological polar surface area (TPSA) is 119 Å². The summed E-state index contributed by atoms with van der Waals surface area (Å²) in [4.78, 5) is 26.1. The lowest BCUT2D eigenvalue weighted by atomic mass is 10.1. The van der Waals surface area contributed by atoms with Crippen molar-refractivity contribution in [1.29, 1.82) is 0 Å². The van der Waals surface area contributed by atoms with Crippen LogP contribution in [0.1, 0.15) is 51.8 Å². The number of carbonyl (C=O) groups excluding carboxylic acids is 2. The third kappa shape index (κ3) is 4.00. The summed E-state index contributed by atoms with van der Waals surface area (Å²) in [7, 11) is 1.69. The van der Waals surface area contributed by atoms with Crippen molar-refractivity contribution < 1.29 is 9.59 Å². The van der Waals surface area contributed by atoms with E-state index in [9.17, 15) is 9.59 Å². The molecule has 5 rings (SSSR count). The van der Waals surface area contributed by atoms with E-state index in [0.29, 0.717) is 35.9 Å². The zero-order chi connectivity index (χ0) is 24.7. The lowest BCUT2D eigenvalue weighted by molar-refractivity contribution is -0.125. The molecular weight excluding hydrogens is 466 g/mol. The van der Waals surface area contributed by atoms with E-state index in [1.54, 1.807) is 16.6 Å². The number of halogens is 1. The molecule has 3 aromatic rings. The smallest absolute Gasteiger partial charge is 0.255 e. The number of aryl methyl sites for hydroxylation is 2.